The molecule has 1 saturated heterocycles. The van der Waals surface area contributed by atoms with Crippen LogP contribution < -0.4 is 14.8 Å². The van der Waals surface area contributed by atoms with Crippen LogP contribution in [0.3, 0.4) is 0 Å². The van der Waals surface area contributed by atoms with Crippen LogP contribution in [0.15, 0.2) is 42.5 Å². The minimum atomic E-state index is -0.238. The summed E-state index contributed by atoms with van der Waals surface area (Å²) in [5, 5.41) is 4.19. The Labute approximate surface area is 172 Å². The summed E-state index contributed by atoms with van der Waals surface area (Å²) in [5.41, 5.74) is 0.681. The molecule has 3 aromatic rings. The van der Waals surface area contributed by atoms with Gasteiger partial charge in [-0.2, -0.15) is 0 Å². The van der Waals surface area contributed by atoms with Crippen LogP contribution in [0.5, 0.6) is 11.5 Å². The van der Waals surface area contributed by atoms with Gasteiger partial charge in [0.1, 0.15) is 23.0 Å². The second kappa shape index (κ2) is 8.39. The number of carbonyl (C=O) groups is 1. The van der Waals surface area contributed by atoms with E-state index < -0.39 is 0 Å². The second-order valence-electron chi connectivity index (χ2n) is 6.53. The van der Waals surface area contributed by atoms with Crippen LogP contribution in [0.1, 0.15) is 22.5 Å². The molecule has 0 aliphatic carbocycles. The lowest BCUT2D eigenvalue weighted by Crippen LogP contribution is -2.16. The van der Waals surface area contributed by atoms with Gasteiger partial charge in [-0.1, -0.05) is 11.6 Å². The molecule has 0 bridgehead atoms. The topological polar surface area (TPSA) is 56.8 Å². The number of hydrogen-bond donors (Lipinski definition) is 1. The van der Waals surface area contributed by atoms with Gasteiger partial charge < -0.3 is 19.5 Å². The summed E-state index contributed by atoms with van der Waals surface area (Å²) in [6.07, 6.45) is 2.30. The first-order valence-corrected chi connectivity index (χ1v) is 10.3. The van der Waals surface area contributed by atoms with Crippen molar-refractivity contribution >= 4 is 44.6 Å². The molecule has 0 radical (unpaired) electrons. The van der Waals surface area contributed by atoms with Gasteiger partial charge in [0.05, 0.1) is 18.2 Å². The standard InChI is InChI=1S/C21H20ClNO4S/c1-25-15-8-9-17-18(11-15)28-20(19(17)22)21(24)23-13-4-6-14(7-5-13)27-12-16-3-2-10-26-16/h4-9,11,16H,2-3,10,12H2,1H3,(H,23,24). The van der Waals surface area contributed by atoms with E-state index in [1.54, 1.807) is 7.11 Å². The number of anilines is 1. The fraction of sp³-hybridized carbons (Fsp3) is 0.286. The number of fused-ring (bicyclic) bond motifs is 1. The van der Waals surface area contributed by atoms with Gasteiger partial charge in [0.25, 0.3) is 5.91 Å². The molecule has 1 aliphatic rings. The maximum absolute atomic E-state index is 12.7. The van der Waals surface area contributed by atoms with Crippen molar-refractivity contribution in [1.29, 1.82) is 0 Å². The van der Waals surface area contributed by atoms with Gasteiger partial charge in [-0.25, -0.2) is 0 Å². The lowest BCUT2D eigenvalue weighted by molar-refractivity contribution is 0.0679. The highest BCUT2D eigenvalue weighted by Crippen LogP contribution is 2.37. The number of hydrogen-bond acceptors (Lipinski definition) is 5. The van der Waals surface area contributed by atoms with Crippen molar-refractivity contribution in [3.05, 3.63) is 52.4 Å². The van der Waals surface area contributed by atoms with Crippen LogP contribution in [-0.4, -0.2) is 32.3 Å². The van der Waals surface area contributed by atoms with Crippen LogP contribution in [0, 0.1) is 0 Å². The number of halogens is 1. The molecular weight excluding hydrogens is 398 g/mol. The maximum atomic E-state index is 12.7. The summed E-state index contributed by atoms with van der Waals surface area (Å²) in [6, 6.07) is 12.9. The number of methoxy groups -OCH3 is 1. The summed E-state index contributed by atoms with van der Waals surface area (Å²) >= 11 is 7.76. The normalized spacial score (nSPS) is 16.3. The average Bonchev–Trinajstić information content (AvgIpc) is 3.35. The molecule has 2 aromatic carbocycles. The minimum Gasteiger partial charge on any atom is -0.497 e. The second-order valence-corrected chi connectivity index (χ2v) is 7.96. The lowest BCUT2D eigenvalue weighted by Gasteiger charge is -2.12. The van der Waals surface area contributed by atoms with Crippen molar-refractivity contribution in [2.24, 2.45) is 0 Å². The Morgan fingerprint density at radius 1 is 1.25 bits per heavy atom. The first-order valence-electron chi connectivity index (χ1n) is 9.06. The van der Waals surface area contributed by atoms with E-state index in [4.69, 9.17) is 25.8 Å². The summed E-state index contributed by atoms with van der Waals surface area (Å²) in [7, 11) is 1.61. The van der Waals surface area contributed by atoms with Gasteiger partial charge in [0.2, 0.25) is 0 Å². The number of nitrogens with one attached hydrogen (secondary N) is 1. The molecular formula is C21H20ClNO4S. The van der Waals surface area contributed by atoms with Gasteiger partial charge in [-0.3, -0.25) is 4.79 Å². The summed E-state index contributed by atoms with van der Waals surface area (Å²) in [5.74, 6) is 1.25. The maximum Gasteiger partial charge on any atom is 0.267 e. The van der Waals surface area contributed by atoms with E-state index in [9.17, 15) is 4.79 Å². The zero-order valence-electron chi connectivity index (χ0n) is 15.4. The first kappa shape index (κ1) is 19.1. The van der Waals surface area contributed by atoms with Gasteiger partial charge in [0, 0.05) is 22.4 Å². The van der Waals surface area contributed by atoms with Crippen LogP contribution in [0.25, 0.3) is 10.1 Å². The Kier molecular flexibility index (Phi) is 5.71. The molecule has 1 fully saturated rings. The molecule has 4 rings (SSSR count). The molecule has 5 nitrogen and oxygen atoms in total. The summed E-state index contributed by atoms with van der Waals surface area (Å²) in [6.45, 7) is 1.36. The van der Waals surface area contributed by atoms with E-state index >= 15 is 0 Å². The Balaban J connectivity index is 1.43. The lowest BCUT2D eigenvalue weighted by atomic mass is 10.2. The third-order valence-electron chi connectivity index (χ3n) is 4.61. The molecule has 1 amide bonds. The zero-order chi connectivity index (χ0) is 19.5. The molecule has 0 spiro atoms. The Bertz CT molecular complexity index is 980. The molecule has 2 heterocycles. The molecule has 7 heteroatoms. The highest BCUT2D eigenvalue weighted by atomic mass is 35.5. The fourth-order valence-electron chi connectivity index (χ4n) is 3.11. The largest absolute Gasteiger partial charge is 0.497 e. The van der Waals surface area contributed by atoms with Crippen molar-refractivity contribution in [2.75, 3.05) is 25.6 Å². The minimum absolute atomic E-state index is 0.174. The van der Waals surface area contributed by atoms with Gasteiger partial charge in [-0.05, 0) is 55.3 Å². The average molecular weight is 418 g/mol. The van der Waals surface area contributed by atoms with Crippen molar-refractivity contribution in [3.8, 4) is 11.5 Å². The Morgan fingerprint density at radius 3 is 2.75 bits per heavy atom. The van der Waals surface area contributed by atoms with Gasteiger partial charge >= 0.3 is 0 Å². The molecule has 1 atom stereocenters. The Hall–Kier alpha value is -2.28. The molecule has 1 N–H and O–H groups in total. The summed E-state index contributed by atoms with van der Waals surface area (Å²) < 4.78 is 17.4. The molecule has 146 valence electrons. The fourth-order valence-corrected chi connectivity index (χ4v) is 4.55. The third kappa shape index (κ3) is 4.09. The van der Waals surface area contributed by atoms with E-state index in [1.807, 2.05) is 42.5 Å². The summed E-state index contributed by atoms with van der Waals surface area (Å²) in [4.78, 5) is 13.2. The number of carbonyl (C=O) groups excluding carboxylic acids is 1. The molecule has 1 aliphatic heterocycles. The van der Waals surface area contributed by atoms with E-state index in [2.05, 4.69) is 5.32 Å². The monoisotopic (exact) mass is 417 g/mol. The zero-order valence-corrected chi connectivity index (χ0v) is 16.9. The number of ether oxygens (including phenoxy) is 3. The first-order chi connectivity index (χ1) is 13.6. The number of amides is 1. The van der Waals surface area contributed by atoms with Crippen molar-refractivity contribution < 1.29 is 19.0 Å². The van der Waals surface area contributed by atoms with Crippen molar-refractivity contribution in [2.45, 2.75) is 18.9 Å². The molecule has 1 unspecified atom stereocenters. The molecule has 0 saturated carbocycles. The predicted octanol–water partition coefficient (Wildman–Crippen LogP) is 5.37. The van der Waals surface area contributed by atoms with Gasteiger partial charge in [-0.15, -0.1) is 11.3 Å². The number of rotatable bonds is 6. The molecule has 1 aromatic heterocycles. The number of thiophene rings is 1. The number of benzene rings is 2. The highest BCUT2D eigenvalue weighted by molar-refractivity contribution is 7.21. The van der Waals surface area contributed by atoms with Crippen LogP contribution >= 0.6 is 22.9 Å². The molecule has 28 heavy (non-hydrogen) atoms. The van der Waals surface area contributed by atoms with Gasteiger partial charge in [0.15, 0.2) is 0 Å². The SMILES string of the molecule is COc1ccc2c(Cl)c(C(=O)Nc3ccc(OCC4CCCO4)cc3)sc2c1. The predicted molar refractivity (Wildman–Crippen MR) is 112 cm³/mol. The van der Waals surface area contributed by atoms with E-state index in [1.165, 1.54) is 11.3 Å². The van der Waals surface area contributed by atoms with E-state index in [-0.39, 0.29) is 12.0 Å². The van der Waals surface area contributed by atoms with Crippen molar-refractivity contribution in [3.63, 3.8) is 0 Å². The third-order valence-corrected chi connectivity index (χ3v) is 6.27. The van der Waals surface area contributed by atoms with Crippen LogP contribution in [-0.2, 0) is 4.74 Å². The van der Waals surface area contributed by atoms with E-state index in [0.29, 0.717) is 22.2 Å². The Morgan fingerprint density at radius 2 is 2.04 bits per heavy atom. The van der Waals surface area contributed by atoms with Crippen LogP contribution in [0.2, 0.25) is 5.02 Å². The quantitative estimate of drug-likeness (QED) is 0.585. The van der Waals surface area contributed by atoms with Crippen LogP contribution in [0.4, 0.5) is 5.69 Å². The van der Waals surface area contributed by atoms with E-state index in [0.717, 1.165) is 41.0 Å². The highest BCUT2D eigenvalue weighted by Gasteiger charge is 2.18. The van der Waals surface area contributed by atoms with Crippen molar-refractivity contribution in [1.82, 2.24) is 0 Å². The smallest absolute Gasteiger partial charge is 0.267 e.